The highest BCUT2D eigenvalue weighted by atomic mass is 16.5. The summed E-state index contributed by atoms with van der Waals surface area (Å²) >= 11 is 0. The molecule has 12 nitrogen and oxygen atoms in total. The van der Waals surface area contributed by atoms with Crippen LogP contribution in [0.3, 0.4) is 0 Å². The minimum Gasteiger partial charge on any atom is -0.493 e. The Bertz CT molecular complexity index is 1230. The molecular formula is C30H43N7O5. The van der Waals surface area contributed by atoms with E-state index in [-0.39, 0.29) is 30.1 Å². The van der Waals surface area contributed by atoms with Crippen molar-refractivity contribution in [2.45, 2.75) is 69.0 Å². The molecule has 12 heteroatoms. The third-order valence-corrected chi connectivity index (χ3v) is 9.24. The van der Waals surface area contributed by atoms with Gasteiger partial charge in [0.05, 0.1) is 43.2 Å². The van der Waals surface area contributed by atoms with Crippen LogP contribution < -0.4 is 10.1 Å². The Morgan fingerprint density at radius 3 is 2.71 bits per heavy atom. The van der Waals surface area contributed by atoms with Gasteiger partial charge in [0.1, 0.15) is 17.5 Å². The highest BCUT2D eigenvalue weighted by Crippen LogP contribution is 2.31. The van der Waals surface area contributed by atoms with E-state index in [1.807, 2.05) is 29.1 Å². The number of methoxy groups -OCH3 is 1. The van der Waals surface area contributed by atoms with Crippen LogP contribution in [0.4, 0.5) is 0 Å². The van der Waals surface area contributed by atoms with Crippen LogP contribution in [-0.2, 0) is 20.9 Å². The van der Waals surface area contributed by atoms with E-state index in [0.29, 0.717) is 56.6 Å². The fourth-order valence-corrected chi connectivity index (χ4v) is 6.84. The fourth-order valence-electron chi connectivity index (χ4n) is 6.84. The molecule has 2 amide bonds. The zero-order valence-corrected chi connectivity index (χ0v) is 24.7. The number of hydrogen-bond donors (Lipinski definition) is 1. The maximum Gasteiger partial charge on any atom is 0.258 e. The van der Waals surface area contributed by atoms with Gasteiger partial charge in [-0.3, -0.25) is 14.5 Å². The molecule has 1 aromatic heterocycles. The molecule has 0 unspecified atom stereocenters. The maximum absolute atomic E-state index is 14.0. The average Bonchev–Trinajstić information content (AvgIpc) is 3.48. The molecule has 3 saturated heterocycles. The zero-order chi connectivity index (χ0) is 29.1. The zero-order valence-electron chi connectivity index (χ0n) is 24.7. The number of carbonyl (C=O) groups excluding carboxylic acids is 2. The van der Waals surface area contributed by atoms with Gasteiger partial charge in [-0.15, -0.1) is 5.10 Å². The molecule has 2 aromatic rings. The van der Waals surface area contributed by atoms with Crippen LogP contribution in [0.2, 0.25) is 0 Å². The van der Waals surface area contributed by atoms with Crippen molar-refractivity contribution < 1.29 is 23.8 Å². The number of likely N-dealkylation sites (tertiary alicyclic amines) is 1. The number of ether oxygens (including phenoxy) is 3. The first-order chi connectivity index (χ1) is 20.5. The molecule has 1 aromatic carbocycles. The van der Waals surface area contributed by atoms with Crippen molar-refractivity contribution in [3.8, 4) is 5.75 Å². The summed E-state index contributed by atoms with van der Waals surface area (Å²) in [6, 6.07) is 7.10. The van der Waals surface area contributed by atoms with E-state index in [2.05, 4.69) is 32.5 Å². The second-order valence-electron chi connectivity index (χ2n) is 12.0. The molecule has 2 bridgehead atoms. The van der Waals surface area contributed by atoms with Gasteiger partial charge in [-0.05, 0) is 58.0 Å². The van der Waals surface area contributed by atoms with Crippen molar-refractivity contribution >= 4 is 11.8 Å². The number of carbonyl (C=O) groups is 2. The standard InChI is InChI=1S/C30H43N7O5/c1-34-12-9-22(10-13-34)35-14-15-36-26(19-35)29(38)31-17-28-25(37-18-21(20-40-2)32-33-37)8-7-23(42-28)11-16-41-27-6-4-3-5-24(27)30(36)39/h3-6,18,22-23,25-26,28H,7-17,19-20H2,1-2H3,(H,31,38)/t23-,25+,26-,28+/m0/s1. The van der Waals surface area contributed by atoms with Crippen LogP contribution in [0.5, 0.6) is 5.75 Å². The predicted octanol–water partition coefficient (Wildman–Crippen LogP) is 1.33. The number of piperidine rings is 1. The van der Waals surface area contributed by atoms with Crippen molar-refractivity contribution in [3.05, 3.63) is 41.7 Å². The van der Waals surface area contributed by atoms with E-state index in [0.717, 1.165) is 51.0 Å². The van der Waals surface area contributed by atoms with E-state index in [1.165, 1.54) is 0 Å². The summed E-state index contributed by atoms with van der Waals surface area (Å²) in [5.74, 6) is 0.239. The van der Waals surface area contributed by atoms with Crippen LogP contribution in [0, 0.1) is 0 Å². The van der Waals surface area contributed by atoms with Gasteiger partial charge >= 0.3 is 0 Å². The van der Waals surface area contributed by atoms with Gasteiger partial charge in [-0.2, -0.15) is 0 Å². The lowest BCUT2D eigenvalue weighted by atomic mass is 9.96. The van der Waals surface area contributed by atoms with Gasteiger partial charge in [-0.1, -0.05) is 17.3 Å². The van der Waals surface area contributed by atoms with Crippen molar-refractivity contribution in [2.24, 2.45) is 0 Å². The number of hydrogen-bond acceptors (Lipinski definition) is 9. The van der Waals surface area contributed by atoms with Crippen LogP contribution >= 0.6 is 0 Å². The Hall–Kier alpha value is -3.06. The molecule has 228 valence electrons. The topological polar surface area (TPSA) is 114 Å². The van der Waals surface area contributed by atoms with E-state index >= 15 is 0 Å². The first kappa shape index (κ1) is 29.0. The molecule has 4 aliphatic rings. The largest absolute Gasteiger partial charge is 0.493 e. The molecule has 0 aliphatic carbocycles. The molecule has 5 heterocycles. The number of fused-ring (bicyclic) bond motifs is 4. The summed E-state index contributed by atoms with van der Waals surface area (Å²) in [4.78, 5) is 34.5. The molecule has 3 fully saturated rings. The smallest absolute Gasteiger partial charge is 0.258 e. The third kappa shape index (κ3) is 6.31. The molecule has 4 aliphatic heterocycles. The molecule has 42 heavy (non-hydrogen) atoms. The lowest BCUT2D eigenvalue weighted by Crippen LogP contribution is -2.63. The van der Waals surface area contributed by atoms with Crippen molar-refractivity contribution in [2.75, 3.05) is 60.0 Å². The SMILES string of the molecule is COCc1cn([C@@H]2CC[C@H]3CCOc4ccccc4C(=O)N4CCN(C5CCN(C)CC5)C[C@H]4C(=O)NC[C@H]2O3)nn1. The van der Waals surface area contributed by atoms with Gasteiger partial charge in [0.15, 0.2) is 0 Å². The van der Waals surface area contributed by atoms with E-state index in [9.17, 15) is 9.59 Å². The van der Waals surface area contributed by atoms with E-state index in [1.54, 1.807) is 18.1 Å². The third-order valence-electron chi connectivity index (χ3n) is 9.24. The second kappa shape index (κ2) is 13.1. The summed E-state index contributed by atoms with van der Waals surface area (Å²) in [6.07, 6.45) is 6.07. The predicted molar refractivity (Wildman–Crippen MR) is 154 cm³/mol. The normalized spacial score (nSPS) is 28.8. The van der Waals surface area contributed by atoms with Gasteiger partial charge in [-0.25, -0.2) is 4.68 Å². The van der Waals surface area contributed by atoms with Gasteiger partial charge in [0.2, 0.25) is 5.91 Å². The summed E-state index contributed by atoms with van der Waals surface area (Å²) in [7, 11) is 3.79. The minimum absolute atomic E-state index is 0.0259. The number of para-hydroxylation sites is 1. The Morgan fingerprint density at radius 1 is 1.05 bits per heavy atom. The molecule has 0 spiro atoms. The fraction of sp³-hybridized carbons (Fsp3) is 0.667. The number of rotatable bonds is 4. The lowest BCUT2D eigenvalue weighted by Gasteiger charge is -2.46. The highest BCUT2D eigenvalue weighted by molar-refractivity contribution is 6.00. The molecule has 0 radical (unpaired) electrons. The van der Waals surface area contributed by atoms with Gasteiger partial charge in [0.25, 0.3) is 5.91 Å². The number of nitrogens with zero attached hydrogens (tertiary/aromatic N) is 6. The number of aromatic nitrogens is 3. The van der Waals surface area contributed by atoms with Gasteiger partial charge in [0, 0.05) is 45.8 Å². The highest BCUT2D eigenvalue weighted by Gasteiger charge is 2.40. The van der Waals surface area contributed by atoms with Crippen molar-refractivity contribution in [3.63, 3.8) is 0 Å². The number of amides is 2. The van der Waals surface area contributed by atoms with Crippen LogP contribution in [0.15, 0.2) is 30.5 Å². The number of piperazine rings is 1. The van der Waals surface area contributed by atoms with E-state index in [4.69, 9.17) is 14.2 Å². The monoisotopic (exact) mass is 581 g/mol. The first-order valence-corrected chi connectivity index (χ1v) is 15.3. The summed E-state index contributed by atoms with van der Waals surface area (Å²) in [6.45, 7) is 4.98. The summed E-state index contributed by atoms with van der Waals surface area (Å²) in [5, 5.41) is 11.8. The average molecular weight is 582 g/mol. The molecule has 0 saturated carbocycles. The molecule has 1 N–H and O–H groups in total. The van der Waals surface area contributed by atoms with Crippen LogP contribution in [0.1, 0.15) is 54.2 Å². The van der Waals surface area contributed by atoms with E-state index < -0.39 is 6.04 Å². The summed E-state index contributed by atoms with van der Waals surface area (Å²) in [5.41, 5.74) is 1.25. The van der Waals surface area contributed by atoms with Crippen molar-refractivity contribution in [1.29, 1.82) is 0 Å². The molecular weight excluding hydrogens is 538 g/mol. The minimum atomic E-state index is -0.612. The molecule has 6 rings (SSSR count). The Morgan fingerprint density at radius 2 is 1.88 bits per heavy atom. The molecule has 4 atom stereocenters. The number of nitrogens with one attached hydrogen (secondary N) is 1. The van der Waals surface area contributed by atoms with Gasteiger partial charge < -0.3 is 29.3 Å². The van der Waals surface area contributed by atoms with Crippen LogP contribution in [-0.4, -0.2) is 126 Å². The Labute approximate surface area is 247 Å². The Balaban J connectivity index is 1.26. The quantitative estimate of drug-likeness (QED) is 0.571. The second-order valence-corrected chi connectivity index (χ2v) is 12.0. The Kier molecular flexibility index (Phi) is 9.03. The lowest BCUT2D eigenvalue weighted by molar-refractivity contribution is -0.131. The summed E-state index contributed by atoms with van der Waals surface area (Å²) < 4.78 is 19.8. The maximum atomic E-state index is 14.0. The van der Waals surface area contributed by atoms with Crippen molar-refractivity contribution in [1.82, 2.24) is 35.0 Å². The first-order valence-electron chi connectivity index (χ1n) is 15.3. The van der Waals surface area contributed by atoms with Crippen LogP contribution in [0.25, 0.3) is 0 Å². The number of benzene rings is 1.